The molecule has 6 rings (SSSR count). The molecule has 0 bridgehead atoms. The molecule has 2 aromatic heterocycles. The first-order valence-electron chi connectivity index (χ1n) is 10.3. The fourth-order valence-electron chi connectivity index (χ4n) is 3.77. The van der Waals surface area contributed by atoms with E-state index in [1.807, 2.05) is 66.9 Å². The summed E-state index contributed by atoms with van der Waals surface area (Å²) in [4.78, 5) is 4.44. The standard InChI is InChI=1S/C17H11NO.C12H10/c1-2-9-15-13(6-1)17-12(7-5-10-16(17)19-15)14-8-3-4-11-18-14;1-3-7-11(8-4-1)12-9-5-2-6-10-12/h1-11H;1-10H. The van der Waals surface area contributed by atoms with E-state index in [4.69, 9.17) is 4.42 Å². The third-order valence-electron chi connectivity index (χ3n) is 5.22. The number of nitrogens with zero attached hydrogens (tertiary/aromatic N) is 1. The maximum Gasteiger partial charge on any atom is 0.136 e. The van der Waals surface area contributed by atoms with E-state index in [1.54, 1.807) is 0 Å². The number of fused-ring (bicyclic) bond motifs is 3. The summed E-state index contributed by atoms with van der Waals surface area (Å²) in [5, 5.41) is 2.27. The summed E-state index contributed by atoms with van der Waals surface area (Å²) in [5.74, 6) is 0. The second-order valence-corrected chi connectivity index (χ2v) is 7.22. The Morgan fingerprint density at radius 1 is 0.484 bits per heavy atom. The highest BCUT2D eigenvalue weighted by Crippen LogP contribution is 2.35. The molecule has 0 aliphatic heterocycles. The third-order valence-corrected chi connectivity index (χ3v) is 5.22. The zero-order chi connectivity index (χ0) is 20.9. The van der Waals surface area contributed by atoms with Gasteiger partial charge in [-0.25, -0.2) is 0 Å². The lowest BCUT2D eigenvalue weighted by Gasteiger charge is -2.01. The van der Waals surface area contributed by atoms with Gasteiger partial charge in [-0.05, 0) is 35.4 Å². The van der Waals surface area contributed by atoms with E-state index >= 15 is 0 Å². The van der Waals surface area contributed by atoms with E-state index in [0.717, 1.165) is 33.2 Å². The minimum Gasteiger partial charge on any atom is -0.456 e. The largest absolute Gasteiger partial charge is 0.456 e. The van der Waals surface area contributed by atoms with Gasteiger partial charge in [0.1, 0.15) is 11.2 Å². The zero-order valence-electron chi connectivity index (χ0n) is 17.0. The fraction of sp³-hybridized carbons (Fsp3) is 0. The molecule has 0 fully saturated rings. The highest BCUT2D eigenvalue weighted by atomic mass is 16.3. The summed E-state index contributed by atoms with van der Waals surface area (Å²) < 4.78 is 5.89. The number of hydrogen-bond acceptors (Lipinski definition) is 2. The van der Waals surface area contributed by atoms with Crippen LogP contribution in [0.3, 0.4) is 0 Å². The van der Waals surface area contributed by atoms with Crippen LogP contribution >= 0.6 is 0 Å². The van der Waals surface area contributed by atoms with Gasteiger partial charge in [0.2, 0.25) is 0 Å². The van der Waals surface area contributed by atoms with Crippen molar-refractivity contribution in [2.75, 3.05) is 0 Å². The molecule has 0 saturated heterocycles. The summed E-state index contributed by atoms with van der Waals surface area (Å²) in [5.41, 5.74) is 6.46. The number of furan rings is 1. The Hall–Kier alpha value is -4.17. The van der Waals surface area contributed by atoms with Gasteiger partial charge in [-0.3, -0.25) is 4.98 Å². The molecule has 2 nitrogen and oxygen atoms in total. The van der Waals surface area contributed by atoms with E-state index in [-0.39, 0.29) is 0 Å². The van der Waals surface area contributed by atoms with Gasteiger partial charge in [0.05, 0.1) is 5.69 Å². The monoisotopic (exact) mass is 399 g/mol. The van der Waals surface area contributed by atoms with Crippen molar-refractivity contribution in [2.24, 2.45) is 0 Å². The molecule has 2 heterocycles. The lowest BCUT2D eigenvalue weighted by molar-refractivity contribution is 0.669. The summed E-state index contributed by atoms with van der Waals surface area (Å²) in [6.07, 6.45) is 1.82. The van der Waals surface area contributed by atoms with Crippen LogP contribution < -0.4 is 0 Å². The molecule has 148 valence electrons. The molecule has 0 N–H and O–H groups in total. The first-order valence-corrected chi connectivity index (χ1v) is 10.3. The molecule has 0 amide bonds. The van der Waals surface area contributed by atoms with Gasteiger partial charge in [0.25, 0.3) is 0 Å². The van der Waals surface area contributed by atoms with E-state index in [2.05, 4.69) is 65.6 Å². The normalized spacial score (nSPS) is 10.6. The molecule has 0 spiro atoms. The number of hydrogen-bond donors (Lipinski definition) is 0. The van der Waals surface area contributed by atoms with Crippen LogP contribution in [0.25, 0.3) is 44.3 Å². The van der Waals surface area contributed by atoms with Gasteiger partial charge < -0.3 is 4.42 Å². The number of aromatic nitrogens is 1. The summed E-state index contributed by atoms with van der Waals surface area (Å²) in [7, 11) is 0. The molecule has 31 heavy (non-hydrogen) atoms. The maximum absolute atomic E-state index is 5.89. The van der Waals surface area contributed by atoms with Crippen molar-refractivity contribution < 1.29 is 4.42 Å². The molecule has 4 aromatic carbocycles. The predicted molar refractivity (Wildman–Crippen MR) is 129 cm³/mol. The van der Waals surface area contributed by atoms with Crippen molar-refractivity contribution in [3.63, 3.8) is 0 Å². The molecule has 0 saturated carbocycles. The SMILES string of the molecule is c1ccc(-c2cccc3oc4ccccc4c23)nc1.c1ccc(-c2ccccc2)cc1. The average Bonchev–Trinajstić information content (AvgIpc) is 3.25. The van der Waals surface area contributed by atoms with Crippen LogP contribution in [0.4, 0.5) is 0 Å². The number of pyridine rings is 1. The van der Waals surface area contributed by atoms with Crippen molar-refractivity contribution in [3.8, 4) is 22.4 Å². The van der Waals surface area contributed by atoms with Gasteiger partial charge in [0, 0.05) is 22.5 Å². The number of para-hydroxylation sites is 1. The van der Waals surface area contributed by atoms with E-state index in [0.29, 0.717) is 0 Å². The third kappa shape index (κ3) is 3.96. The first-order chi connectivity index (χ1) is 15.4. The second-order valence-electron chi connectivity index (χ2n) is 7.22. The second kappa shape index (κ2) is 8.68. The molecule has 0 aliphatic rings. The Bertz CT molecular complexity index is 1370. The Labute approximate surface area is 181 Å². The van der Waals surface area contributed by atoms with E-state index in [1.165, 1.54) is 11.1 Å². The Kier molecular flexibility index (Phi) is 5.27. The quantitative estimate of drug-likeness (QED) is 0.295. The smallest absolute Gasteiger partial charge is 0.136 e. The van der Waals surface area contributed by atoms with Crippen LogP contribution in [-0.4, -0.2) is 4.98 Å². The number of benzene rings is 4. The van der Waals surface area contributed by atoms with E-state index < -0.39 is 0 Å². The molecule has 6 aromatic rings. The molecule has 0 unspecified atom stereocenters. The van der Waals surface area contributed by atoms with Crippen molar-refractivity contribution in [1.82, 2.24) is 4.98 Å². The predicted octanol–water partition coefficient (Wildman–Crippen LogP) is 8.00. The molecule has 0 aliphatic carbocycles. The summed E-state index contributed by atoms with van der Waals surface area (Å²) >= 11 is 0. The Morgan fingerprint density at radius 2 is 1.10 bits per heavy atom. The Balaban J connectivity index is 0.000000147. The summed E-state index contributed by atoms with van der Waals surface area (Å²) in [6.45, 7) is 0. The van der Waals surface area contributed by atoms with Crippen molar-refractivity contribution >= 4 is 21.9 Å². The van der Waals surface area contributed by atoms with Crippen molar-refractivity contribution in [3.05, 3.63) is 128 Å². The van der Waals surface area contributed by atoms with Crippen LogP contribution in [0, 0.1) is 0 Å². The van der Waals surface area contributed by atoms with Gasteiger partial charge >= 0.3 is 0 Å². The van der Waals surface area contributed by atoms with Crippen LogP contribution in [0.1, 0.15) is 0 Å². The minimum absolute atomic E-state index is 0.907. The topological polar surface area (TPSA) is 26.0 Å². The molecule has 0 radical (unpaired) electrons. The maximum atomic E-state index is 5.89. The molecular formula is C29H21NO. The van der Waals surface area contributed by atoms with E-state index in [9.17, 15) is 0 Å². The highest BCUT2D eigenvalue weighted by Gasteiger charge is 2.11. The molecular weight excluding hydrogens is 378 g/mol. The van der Waals surface area contributed by atoms with Crippen molar-refractivity contribution in [1.29, 1.82) is 0 Å². The minimum atomic E-state index is 0.907. The van der Waals surface area contributed by atoms with Gasteiger partial charge in [0.15, 0.2) is 0 Å². The lowest BCUT2D eigenvalue weighted by Crippen LogP contribution is -1.82. The van der Waals surface area contributed by atoms with Gasteiger partial charge in [-0.1, -0.05) is 97.1 Å². The Morgan fingerprint density at radius 3 is 1.77 bits per heavy atom. The van der Waals surface area contributed by atoms with Crippen LogP contribution in [0.5, 0.6) is 0 Å². The van der Waals surface area contributed by atoms with Crippen LogP contribution in [-0.2, 0) is 0 Å². The summed E-state index contributed by atoms with van der Waals surface area (Å²) in [6, 6.07) is 41.0. The molecule has 0 atom stereocenters. The average molecular weight is 399 g/mol. The molecule has 2 heteroatoms. The van der Waals surface area contributed by atoms with Gasteiger partial charge in [-0.15, -0.1) is 0 Å². The fourth-order valence-corrected chi connectivity index (χ4v) is 3.77. The zero-order valence-corrected chi connectivity index (χ0v) is 17.0. The first kappa shape index (κ1) is 18.8. The van der Waals surface area contributed by atoms with Crippen molar-refractivity contribution in [2.45, 2.75) is 0 Å². The lowest BCUT2D eigenvalue weighted by atomic mass is 10.0. The number of rotatable bonds is 2. The van der Waals surface area contributed by atoms with Crippen LogP contribution in [0.15, 0.2) is 132 Å². The highest BCUT2D eigenvalue weighted by molar-refractivity contribution is 6.11. The van der Waals surface area contributed by atoms with Crippen LogP contribution in [0.2, 0.25) is 0 Å². The van der Waals surface area contributed by atoms with Gasteiger partial charge in [-0.2, -0.15) is 0 Å².